The van der Waals surface area contributed by atoms with E-state index in [4.69, 9.17) is 14.2 Å². The van der Waals surface area contributed by atoms with Crippen LogP contribution in [0.4, 0.5) is 0 Å². The highest BCUT2D eigenvalue weighted by molar-refractivity contribution is 5.70. The number of carbonyl (C=O) groups is 2. The first-order valence-corrected chi connectivity index (χ1v) is 21.2. The zero-order valence-corrected chi connectivity index (χ0v) is 32.6. The van der Waals surface area contributed by atoms with Crippen LogP contribution >= 0.6 is 0 Å². The van der Waals surface area contributed by atoms with Gasteiger partial charge >= 0.3 is 11.9 Å². The van der Waals surface area contributed by atoms with Crippen molar-refractivity contribution in [3.05, 3.63) is 36.5 Å². The summed E-state index contributed by atoms with van der Waals surface area (Å²) in [6.07, 6.45) is 46.8. The lowest BCUT2D eigenvalue weighted by molar-refractivity contribution is -0.161. The lowest BCUT2D eigenvalue weighted by Gasteiger charge is -2.15. The summed E-state index contributed by atoms with van der Waals surface area (Å²) in [4.78, 5) is 24.3. The van der Waals surface area contributed by atoms with Crippen LogP contribution in [0.5, 0.6) is 0 Å². The van der Waals surface area contributed by atoms with E-state index in [2.05, 4.69) is 50.3 Å². The van der Waals surface area contributed by atoms with Gasteiger partial charge in [0.05, 0.1) is 18.8 Å². The zero-order valence-electron chi connectivity index (χ0n) is 32.6. The highest BCUT2D eigenvalue weighted by Crippen LogP contribution is 2.30. The van der Waals surface area contributed by atoms with Gasteiger partial charge in [0.1, 0.15) is 6.61 Å². The Morgan fingerprint density at radius 1 is 0.580 bits per heavy atom. The fourth-order valence-corrected chi connectivity index (χ4v) is 6.29. The molecule has 0 aliphatic carbocycles. The van der Waals surface area contributed by atoms with Gasteiger partial charge in [0.2, 0.25) is 0 Å². The summed E-state index contributed by atoms with van der Waals surface area (Å²) in [6, 6.07) is 0. The van der Waals surface area contributed by atoms with Crippen LogP contribution in [-0.4, -0.2) is 48.6 Å². The summed E-state index contributed by atoms with van der Waals surface area (Å²) >= 11 is 0. The molecule has 0 aromatic heterocycles. The van der Waals surface area contributed by atoms with Crippen LogP contribution in [0, 0.1) is 0 Å². The maximum Gasteiger partial charge on any atom is 0.306 e. The van der Waals surface area contributed by atoms with Gasteiger partial charge in [0.15, 0.2) is 6.10 Å². The second-order valence-electron chi connectivity index (χ2n) is 14.5. The average molecular weight is 703 g/mol. The Hall–Kier alpha value is -1.92. The Kier molecular flexibility index (Phi) is 32.7. The van der Waals surface area contributed by atoms with Gasteiger partial charge in [-0.25, -0.2) is 0 Å². The van der Waals surface area contributed by atoms with Crippen molar-refractivity contribution in [1.29, 1.82) is 0 Å². The monoisotopic (exact) mass is 703 g/mol. The highest BCUT2D eigenvalue weighted by atomic mass is 16.6. The van der Waals surface area contributed by atoms with Crippen LogP contribution in [0.2, 0.25) is 0 Å². The number of unbranched alkanes of at least 4 members (excludes halogenated alkanes) is 20. The van der Waals surface area contributed by atoms with Crippen LogP contribution in [0.15, 0.2) is 36.5 Å². The Morgan fingerprint density at radius 2 is 1.06 bits per heavy atom. The van der Waals surface area contributed by atoms with Crippen LogP contribution in [0.3, 0.4) is 0 Å². The Morgan fingerprint density at radius 3 is 1.62 bits per heavy atom. The van der Waals surface area contributed by atoms with Crippen LogP contribution in [0.25, 0.3) is 0 Å². The van der Waals surface area contributed by atoms with E-state index in [1.54, 1.807) is 0 Å². The standard InChI is InChI=1S/C44H78O6/c1-3-5-7-8-9-10-11-12-13-14-15-16-17-18-23-26-29-33-37-44(47)49-40(38-45)39-48-43(46)36-32-28-25-22-20-19-21-24-27-31-35-42-41(50-42)34-30-6-4-2/h19,21-22,25,27,31,40-42,45H,3-18,20,23-24,26,28-30,32-39H2,1-2H3/b21-19-,25-22-,31-27-/t40-,41?,42?/m0/s1. The summed E-state index contributed by atoms with van der Waals surface area (Å²) in [6.45, 7) is 4.07. The van der Waals surface area contributed by atoms with Crippen LogP contribution in [0.1, 0.15) is 200 Å². The van der Waals surface area contributed by atoms with Crippen LogP contribution < -0.4 is 0 Å². The minimum absolute atomic E-state index is 0.0947. The van der Waals surface area contributed by atoms with E-state index in [9.17, 15) is 14.7 Å². The maximum atomic E-state index is 12.2. The molecule has 0 spiro atoms. The largest absolute Gasteiger partial charge is 0.462 e. The van der Waals surface area contributed by atoms with Crippen molar-refractivity contribution in [2.24, 2.45) is 0 Å². The third-order valence-corrected chi connectivity index (χ3v) is 9.61. The second kappa shape index (κ2) is 35.5. The van der Waals surface area contributed by atoms with E-state index in [0.29, 0.717) is 31.5 Å². The molecule has 1 aliphatic rings. The van der Waals surface area contributed by atoms with Crippen molar-refractivity contribution in [2.75, 3.05) is 13.2 Å². The fraction of sp³-hybridized carbons (Fsp3) is 0.818. The molecule has 1 saturated heterocycles. The topological polar surface area (TPSA) is 85.4 Å². The first-order chi connectivity index (χ1) is 24.6. The molecule has 1 aliphatic heterocycles. The number of aliphatic hydroxyl groups excluding tert-OH is 1. The van der Waals surface area contributed by atoms with Crippen molar-refractivity contribution in [3.8, 4) is 0 Å². The maximum absolute atomic E-state index is 12.2. The number of allylic oxidation sites excluding steroid dienone is 5. The van der Waals surface area contributed by atoms with E-state index in [0.717, 1.165) is 44.9 Å². The predicted octanol–water partition coefficient (Wildman–Crippen LogP) is 12.2. The van der Waals surface area contributed by atoms with Crippen molar-refractivity contribution >= 4 is 11.9 Å². The average Bonchev–Trinajstić information content (AvgIpc) is 3.87. The number of aliphatic hydroxyl groups is 1. The molecule has 0 bridgehead atoms. The molecule has 6 heteroatoms. The Labute approximate surface area is 308 Å². The molecule has 1 N–H and O–H groups in total. The number of hydrogen-bond donors (Lipinski definition) is 1. The molecule has 290 valence electrons. The number of hydrogen-bond acceptors (Lipinski definition) is 6. The highest BCUT2D eigenvalue weighted by Gasteiger charge is 2.36. The third kappa shape index (κ3) is 30.9. The van der Waals surface area contributed by atoms with E-state index in [1.165, 1.54) is 122 Å². The van der Waals surface area contributed by atoms with Gasteiger partial charge in [0.25, 0.3) is 0 Å². The molecule has 0 radical (unpaired) electrons. The summed E-state index contributed by atoms with van der Waals surface area (Å²) in [5, 5.41) is 9.57. The van der Waals surface area contributed by atoms with Crippen molar-refractivity contribution in [1.82, 2.24) is 0 Å². The first-order valence-electron chi connectivity index (χ1n) is 21.2. The molecular weight excluding hydrogens is 624 g/mol. The summed E-state index contributed by atoms with van der Waals surface area (Å²) in [5.41, 5.74) is 0. The normalized spacial score (nSPS) is 16.5. The van der Waals surface area contributed by atoms with Crippen molar-refractivity contribution in [2.45, 2.75) is 218 Å². The second-order valence-corrected chi connectivity index (χ2v) is 14.5. The minimum atomic E-state index is -0.793. The van der Waals surface area contributed by atoms with E-state index in [-0.39, 0.29) is 25.2 Å². The minimum Gasteiger partial charge on any atom is -0.462 e. The third-order valence-electron chi connectivity index (χ3n) is 9.61. The molecule has 3 atom stereocenters. The molecule has 0 aromatic rings. The summed E-state index contributed by atoms with van der Waals surface area (Å²) < 4.78 is 16.3. The number of esters is 2. The summed E-state index contributed by atoms with van der Waals surface area (Å²) in [7, 11) is 0. The van der Waals surface area contributed by atoms with Gasteiger partial charge in [-0.2, -0.15) is 0 Å². The Bertz CT molecular complexity index is 865. The molecule has 6 nitrogen and oxygen atoms in total. The van der Waals surface area contributed by atoms with Gasteiger partial charge in [-0.05, 0) is 44.9 Å². The molecular formula is C44H78O6. The van der Waals surface area contributed by atoms with Gasteiger partial charge in [-0.3, -0.25) is 9.59 Å². The number of carbonyl (C=O) groups excluding carboxylic acids is 2. The molecule has 50 heavy (non-hydrogen) atoms. The SMILES string of the molecule is CCCCCCCCCCCCCCCCCCCCC(=O)O[C@@H](CO)COC(=O)CCC/C=C\C/C=C\C/C=C\CC1OC1CCCCC. The van der Waals surface area contributed by atoms with E-state index >= 15 is 0 Å². The first kappa shape index (κ1) is 46.1. The quantitative estimate of drug-likeness (QED) is 0.0300. The molecule has 1 fully saturated rings. The molecule has 1 rings (SSSR count). The van der Waals surface area contributed by atoms with Crippen molar-refractivity contribution in [3.63, 3.8) is 0 Å². The fourth-order valence-electron chi connectivity index (χ4n) is 6.29. The van der Waals surface area contributed by atoms with Gasteiger partial charge < -0.3 is 19.3 Å². The smallest absolute Gasteiger partial charge is 0.306 e. The number of epoxide rings is 1. The van der Waals surface area contributed by atoms with Gasteiger partial charge in [0, 0.05) is 12.8 Å². The summed E-state index contributed by atoms with van der Waals surface area (Å²) in [5.74, 6) is -0.655. The molecule has 2 unspecified atom stereocenters. The zero-order chi connectivity index (χ0) is 36.2. The van der Waals surface area contributed by atoms with E-state index < -0.39 is 6.10 Å². The molecule has 0 saturated carbocycles. The van der Waals surface area contributed by atoms with Crippen LogP contribution in [-0.2, 0) is 23.8 Å². The number of ether oxygens (including phenoxy) is 3. The molecule has 1 heterocycles. The number of rotatable bonds is 37. The lowest BCUT2D eigenvalue weighted by Crippen LogP contribution is -2.28. The predicted molar refractivity (Wildman–Crippen MR) is 209 cm³/mol. The van der Waals surface area contributed by atoms with Gasteiger partial charge in [-0.1, -0.05) is 179 Å². The van der Waals surface area contributed by atoms with Gasteiger partial charge in [-0.15, -0.1) is 0 Å². The molecule has 0 amide bonds. The lowest BCUT2D eigenvalue weighted by atomic mass is 10.0. The van der Waals surface area contributed by atoms with E-state index in [1.807, 2.05) is 0 Å². The van der Waals surface area contributed by atoms with Crippen molar-refractivity contribution < 1.29 is 28.9 Å². The Balaban J connectivity index is 1.89. The molecule has 0 aromatic carbocycles.